The number of aliphatic imine (C=N–C) groups is 2. The number of carbonyl (C=O) groups is 2. The van der Waals surface area contributed by atoms with E-state index in [4.69, 9.17) is 15.6 Å². The molecule has 3 aliphatic rings. The third kappa shape index (κ3) is 4.82. The van der Waals surface area contributed by atoms with E-state index in [1.54, 1.807) is 61.0 Å². The molecule has 5 rings (SSSR count). The number of nitrogens with zero attached hydrogens (tertiary/aromatic N) is 5. The number of allylic oxidation sites excluding steroid dienone is 1. The third-order valence-corrected chi connectivity index (χ3v) is 6.57. The summed E-state index contributed by atoms with van der Waals surface area (Å²) in [5, 5.41) is 2.58. The van der Waals surface area contributed by atoms with Crippen LogP contribution in [-0.4, -0.2) is 64.6 Å². The number of nitrogens with two attached hydrogens (primary N) is 1. The highest BCUT2D eigenvalue weighted by atomic mass is 19.1. The Labute approximate surface area is 218 Å². The molecule has 11 heteroatoms. The average molecular weight is 517 g/mol. The Hall–Kier alpha value is -4.32. The van der Waals surface area contributed by atoms with Gasteiger partial charge in [0.15, 0.2) is 0 Å². The first kappa shape index (κ1) is 25.3. The number of nitrogens with one attached hydrogen (secondary N) is 1. The summed E-state index contributed by atoms with van der Waals surface area (Å²) in [6, 6.07) is 8.90. The van der Waals surface area contributed by atoms with Crippen LogP contribution in [0.2, 0.25) is 0 Å². The SMILES string of the molecule is COC/C=C/C(=O)N1CCCC1C1=C2C=NC=C[N+]2(N)C(c2ccc(C(=O)Nc3cc(F)ccn3)cc2)=N1. The van der Waals surface area contributed by atoms with E-state index in [0.717, 1.165) is 18.9 Å². The van der Waals surface area contributed by atoms with Crippen molar-refractivity contribution in [1.29, 1.82) is 0 Å². The number of halogens is 1. The molecule has 38 heavy (non-hydrogen) atoms. The number of likely N-dealkylation sites (tertiary alicyclic amines) is 1. The molecule has 1 aromatic carbocycles. The maximum Gasteiger partial charge on any atom is 0.264 e. The summed E-state index contributed by atoms with van der Waals surface area (Å²) >= 11 is 0. The number of hydrogen-bond acceptors (Lipinski definition) is 7. The molecule has 2 unspecified atom stereocenters. The standard InChI is InChI=1S/C27H26FN7O3/c1-38-15-3-5-24(36)34-13-2-4-21(34)25-22-17-30-12-14-35(22,29)26(33-25)18-6-8-19(9-7-18)27(37)32-23-16-20(28)10-11-31-23/h3,5-12,14,16-17,21H,2,4,13,15,29H2,1H3/p+1/b5-3+. The smallest absolute Gasteiger partial charge is 0.264 e. The number of aromatic nitrogens is 1. The van der Waals surface area contributed by atoms with Gasteiger partial charge < -0.3 is 15.0 Å². The maximum absolute atomic E-state index is 13.4. The van der Waals surface area contributed by atoms with Gasteiger partial charge in [0.1, 0.15) is 23.5 Å². The zero-order chi connectivity index (χ0) is 26.7. The Balaban J connectivity index is 1.41. The number of amides is 2. The summed E-state index contributed by atoms with van der Waals surface area (Å²) in [4.78, 5) is 40.5. The van der Waals surface area contributed by atoms with E-state index in [2.05, 4.69) is 15.3 Å². The molecule has 0 radical (unpaired) electrons. The normalized spacial score (nSPS) is 22.2. The molecule has 3 N–H and O–H groups in total. The summed E-state index contributed by atoms with van der Waals surface area (Å²) in [6.07, 6.45) is 11.1. The number of anilines is 1. The number of ether oxygens (including phenoxy) is 1. The van der Waals surface area contributed by atoms with Crippen molar-refractivity contribution in [3.8, 4) is 0 Å². The average Bonchev–Trinajstić information content (AvgIpc) is 3.51. The minimum Gasteiger partial charge on any atom is -0.381 e. The van der Waals surface area contributed by atoms with Gasteiger partial charge in [0, 0.05) is 37.6 Å². The van der Waals surface area contributed by atoms with Crippen LogP contribution in [0.15, 0.2) is 88.5 Å². The van der Waals surface area contributed by atoms with E-state index < -0.39 is 11.7 Å². The van der Waals surface area contributed by atoms with Crippen LogP contribution in [0, 0.1) is 5.82 Å². The molecule has 0 aliphatic carbocycles. The zero-order valence-electron chi connectivity index (χ0n) is 20.8. The summed E-state index contributed by atoms with van der Waals surface area (Å²) < 4.78 is 18.2. The lowest BCUT2D eigenvalue weighted by atomic mass is 10.1. The van der Waals surface area contributed by atoms with Gasteiger partial charge in [0.2, 0.25) is 11.6 Å². The van der Waals surface area contributed by atoms with Crippen LogP contribution in [0.5, 0.6) is 0 Å². The molecule has 10 nitrogen and oxygen atoms in total. The van der Waals surface area contributed by atoms with Crippen LogP contribution in [-0.2, 0) is 9.53 Å². The highest BCUT2D eigenvalue weighted by Gasteiger charge is 2.48. The fourth-order valence-corrected chi connectivity index (χ4v) is 4.74. The zero-order valence-corrected chi connectivity index (χ0v) is 20.8. The van der Waals surface area contributed by atoms with Gasteiger partial charge in [0.05, 0.1) is 30.6 Å². The number of methoxy groups -OCH3 is 1. The van der Waals surface area contributed by atoms with Gasteiger partial charge >= 0.3 is 0 Å². The number of hydrogen-bond donors (Lipinski definition) is 2. The molecular weight excluding hydrogens is 489 g/mol. The van der Waals surface area contributed by atoms with E-state index in [1.165, 1.54) is 18.3 Å². The van der Waals surface area contributed by atoms with E-state index in [9.17, 15) is 14.0 Å². The lowest BCUT2D eigenvalue weighted by Crippen LogP contribution is -2.53. The van der Waals surface area contributed by atoms with Crippen molar-refractivity contribution in [2.45, 2.75) is 18.9 Å². The van der Waals surface area contributed by atoms with Gasteiger partial charge in [-0.1, -0.05) is 6.08 Å². The van der Waals surface area contributed by atoms with Crippen LogP contribution in [0.25, 0.3) is 0 Å². The summed E-state index contributed by atoms with van der Waals surface area (Å²) in [7, 11) is 1.57. The first-order chi connectivity index (χ1) is 18.4. The quantitative estimate of drug-likeness (QED) is 0.333. The van der Waals surface area contributed by atoms with Crippen LogP contribution < -0.4 is 11.2 Å². The second-order valence-electron chi connectivity index (χ2n) is 9.00. The monoisotopic (exact) mass is 516 g/mol. The molecular formula is C27H27FN7O3+. The molecule has 2 aromatic rings. The van der Waals surface area contributed by atoms with Crippen molar-refractivity contribution < 1.29 is 23.3 Å². The molecule has 1 fully saturated rings. The number of pyridine rings is 1. The minimum atomic E-state index is -0.493. The van der Waals surface area contributed by atoms with Crippen LogP contribution in [0.3, 0.4) is 0 Å². The molecule has 2 amide bonds. The summed E-state index contributed by atoms with van der Waals surface area (Å²) in [5.41, 5.74) is 2.45. The molecule has 2 atom stereocenters. The van der Waals surface area contributed by atoms with Crippen molar-refractivity contribution in [3.05, 3.63) is 95.5 Å². The van der Waals surface area contributed by atoms with E-state index in [-0.39, 0.29) is 22.4 Å². The number of fused-ring (bicyclic) bond motifs is 1. The van der Waals surface area contributed by atoms with E-state index in [0.29, 0.717) is 41.5 Å². The van der Waals surface area contributed by atoms with Gasteiger partial charge in [-0.15, -0.1) is 4.59 Å². The van der Waals surface area contributed by atoms with Crippen molar-refractivity contribution >= 4 is 29.7 Å². The fourth-order valence-electron chi connectivity index (χ4n) is 4.74. The molecule has 1 saturated heterocycles. The highest BCUT2D eigenvalue weighted by molar-refractivity contribution is 6.05. The van der Waals surface area contributed by atoms with Gasteiger partial charge in [-0.3, -0.25) is 14.6 Å². The molecule has 0 spiro atoms. The fraction of sp³-hybridized carbons (Fsp3) is 0.222. The predicted octanol–water partition coefficient (Wildman–Crippen LogP) is 2.88. The Morgan fingerprint density at radius 2 is 2.11 bits per heavy atom. The van der Waals surface area contributed by atoms with Gasteiger partial charge in [-0.05, 0) is 43.2 Å². The second kappa shape index (κ2) is 10.6. The number of carbonyl (C=O) groups excluding carboxylic acids is 2. The van der Waals surface area contributed by atoms with Crippen LogP contribution >= 0.6 is 0 Å². The Kier molecular flexibility index (Phi) is 7.05. The third-order valence-electron chi connectivity index (χ3n) is 6.57. The lowest BCUT2D eigenvalue weighted by Gasteiger charge is -2.27. The molecule has 1 aromatic heterocycles. The largest absolute Gasteiger partial charge is 0.381 e. The van der Waals surface area contributed by atoms with E-state index in [1.807, 2.05) is 0 Å². The van der Waals surface area contributed by atoms with Gasteiger partial charge in [0.25, 0.3) is 11.7 Å². The number of rotatable bonds is 7. The topological polar surface area (TPSA) is 122 Å². The van der Waals surface area contributed by atoms with E-state index >= 15 is 0 Å². The first-order valence-electron chi connectivity index (χ1n) is 12.1. The number of amidine groups is 1. The van der Waals surface area contributed by atoms with Gasteiger partial charge in [-0.2, -0.15) is 10.8 Å². The Morgan fingerprint density at radius 1 is 1.29 bits per heavy atom. The minimum absolute atomic E-state index is 0.108. The van der Waals surface area contributed by atoms with Crippen LogP contribution in [0.1, 0.15) is 28.8 Å². The van der Waals surface area contributed by atoms with Crippen LogP contribution in [0.4, 0.5) is 10.2 Å². The van der Waals surface area contributed by atoms with Crippen molar-refractivity contribution in [3.63, 3.8) is 0 Å². The molecule has 0 bridgehead atoms. The highest BCUT2D eigenvalue weighted by Crippen LogP contribution is 2.37. The molecule has 0 saturated carbocycles. The van der Waals surface area contributed by atoms with Crippen molar-refractivity contribution in [2.24, 2.45) is 15.8 Å². The Bertz CT molecular complexity index is 1410. The molecule has 3 aliphatic heterocycles. The van der Waals surface area contributed by atoms with Crippen molar-refractivity contribution in [2.75, 3.05) is 25.6 Å². The first-order valence-corrected chi connectivity index (χ1v) is 12.1. The summed E-state index contributed by atoms with van der Waals surface area (Å²) in [6.45, 7) is 0.970. The summed E-state index contributed by atoms with van der Waals surface area (Å²) in [5.74, 6) is 6.49. The Morgan fingerprint density at radius 3 is 2.87 bits per heavy atom. The molecule has 4 heterocycles. The predicted molar refractivity (Wildman–Crippen MR) is 140 cm³/mol. The maximum atomic E-state index is 13.4. The second-order valence-corrected chi connectivity index (χ2v) is 9.00. The number of benzene rings is 1. The van der Waals surface area contributed by atoms with Crippen molar-refractivity contribution in [1.82, 2.24) is 9.88 Å². The lowest BCUT2D eigenvalue weighted by molar-refractivity contribution is -0.750. The van der Waals surface area contributed by atoms with Gasteiger partial charge in [-0.25, -0.2) is 9.37 Å². The molecule has 194 valence electrons. The number of quaternary nitrogens is 1.